The Morgan fingerprint density at radius 3 is 2.56 bits per heavy atom. The Balaban J connectivity index is 1.93. The summed E-state index contributed by atoms with van der Waals surface area (Å²) >= 11 is 0. The first kappa shape index (κ1) is 19.7. The summed E-state index contributed by atoms with van der Waals surface area (Å²) in [5.74, 6) is -0.385. The zero-order chi connectivity index (χ0) is 19.8. The number of nitro groups is 1. The number of nitrogens with one attached hydrogen (secondary N) is 1. The van der Waals surface area contributed by atoms with Crippen molar-refractivity contribution >= 4 is 23.3 Å². The second-order valence-corrected chi connectivity index (χ2v) is 5.38. The molecule has 9 heteroatoms. The van der Waals surface area contributed by atoms with Crippen LogP contribution in [0.2, 0.25) is 0 Å². The molecule has 0 unspecified atom stereocenters. The predicted octanol–water partition coefficient (Wildman–Crippen LogP) is 2.34. The molecule has 0 saturated heterocycles. The summed E-state index contributed by atoms with van der Waals surface area (Å²) in [6.07, 6.45) is -0.0232. The van der Waals surface area contributed by atoms with E-state index in [4.69, 9.17) is 14.2 Å². The number of non-ortho nitro benzene ring substituents is 1. The summed E-state index contributed by atoms with van der Waals surface area (Å²) in [6, 6.07) is 10.7. The highest BCUT2D eigenvalue weighted by Gasteiger charge is 2.15. The first-order chi connectivity index (χ1) is 12.9. The van der Waals surface area contributed by atoms with Crippen molar-refractivity contribution in [3.8, 4) is 11.5 Å². The predicted molar refractivity (Wildman–Crippen MR) is 95.9 cm³/mol. The Morgan fingerprint density at radius 1 is 1.11 bits per heavy atom. The first-order valence-corrected chi connectivity index (χ1v) is 7.83. The third-order valence-electron chi connectivity index (χ3n) is 3.51. The molecule has 0 aliphatic heterocycles. The van der Waals surface area contributed by atoms with Gasteiger partial charge in [-0.05, 0) is 23.8 Å². The number of nitrogens with zero attached hydrogens (tertiary/aromatic N) is 1. The molecule has 1 amide bonds. The van der Waals surface area contributed by atoms with Gasteiger partial charge in [0.2, 0.25) is 0 Å². The molecule has 2 aromatic carbocycles. The lowest BCUT2D eigenvalue weighted by molar-refractivity contribution is -0.384. The van der Waals surface area contributed by atoms with Crippen LogP contribution in [0.4, 0.5) is 11.4 Å². The van der Waals surface area contributed by atoms with Crippen LogP contribution in [0.15, 0.2) is 42.5 Å². The van der Waals surface area contributed by atoms with Crippen LogP contribution in [-0.4, -0.2) is 37.6 Å². The van der Waals surface area contributed by atoms with Crippen molar-refractivity contribution in [1.29, 1.82) is 0 Å². The number of nitro benzene ring substituents is 1. The van der Waals surface area contributed by atoms with Gasteiger partial charge in [0.1, 0.15) is 11.5 Å². The van der Waals surface area contributed by atoms with Crippen LogP contribution in [0.1, 0.15) is 5.56 Å². The van der Waals surface area contributed by atoms with E-state index in [1.165, 1.54) is 26.4 Å². The molecule has 0 heterocycles. The molecule has 9 nitrogen and oxygen atoms in total. The molecular weight excluding hydrogens is 356 g/mol. The van der Waals surface area contributed by atoms with Crippen molar-refractivity contribution in [3.63, 3.8) is 0 Å². The summed E-state index contributed by atoms with van der Waals surface area (Å²) in [6.45, 7) is -0.533. The quantitative estimate of drug-likeness (QED) is 0.428. The Morgan fingerprint density at radius 2 is 1.89 bits per heavy atom. The van der Waals surface area contributed by atoms with Gasteiger partial charge in [-0.25, -0.2) is 0 Å². The van der Waals surface area contributed by atoms with Crippen molar-refractivity contribution in [3.05, 3.63) is 58.1 Å². The monoisotopic (exact) mass is 374 g/mol. The van der Waals surface area contributed by atoms with Crippen molar-refractivity contribution in [2.45, 2.75) is 6.42 Å². The largest absolute Gasteiger partial charge is 0.497 e. The fourth-order valence-electron chi connectivity index (χ4n) is 2.24. The number of hydrogen-bond acceptors (Lipinski definition) is 7. The van der Waals surface area contributed by atoms with Gasteiger partial charge in [0.15, 0.2) is 6.61 Å². The van der Waals surface area contributed by atoms with E-state index in [1.807, 2.05) is 0 Å². The van der Waals surface area contributed by atoms with Gasteiger partial charge in [-0.15, -0.1) is 0 Å². The van der Waals surface area contributed by atoms with E-state index in [1.54, 1.807) is 24.3 Å². The van der Waals surface area contributed by atoms with Gasteiger partial charge in [-0.1, -0.05) is 12.1 Å². The van der Waals surface area contributed by atoms with Gasteiger partial charge in [-0.2, -0.15) is 0 Å². The smallest absolute Gasteiger partial charge is 0.310 e. The third-order valence-corrected chi connectivity index (χ3v) is 3.51. The molecule has 142 valence electrons. The lowest BCUT2D eigenvalue weighted by atomic mass is 10.1. The maximum atomic E-state index is 12.0. The lowest BCUT2D eigenvalue weighted by Gasteiger charge is -2.10. The van der Waals surface area contributed by atoms with Gasteiger partial charge in [0, 0.05) is 12.1 Å². The van der Waals surface area contributed by atoms with Gasteiger partial charge < -0.3 is 19.5 Å². The van der Waals surface area contributed by atoms with Crippen LogP contribution in [0.25, 0.3) is 0 Å². The van der Waals surface area contributed by atoms with Crippen LogP contribution in [0, 0.1) is 10.1 Å². The third kappa shape index (κ3) is 5.70. The van der Waals surface area contributed by atoms with Crippen LogP contribution in [0.5, 0.6) is 11.5 Å². The normalized spacial score (nSPS) is 10.0. The number of ether oxygens (including phenoxy) is 3. The maximum absolute atomic E-state index is 12.0. The summed E-state index contributed by atoms with van der Waals surface area (Å²) in [5, 5.41) is 13.3. The molecule has 0 radical (unpaired) electrons. The van der Waals surface area contributed by atoms with E-state index in [-0.39, 0.29) is 23.5 Å². The number of anilines is 1. The zero-order valence-corrected chi connectivity index (χ0v) is 14.8. The molecule has 2 rings (SSSR count). The number of rotatable bonds is 8. The summed E-state index contributed by atoms with van der Waals surface area (Å²) in [5.41, 5.74) is 0.585. The molecule has 0 atom stereocenters. The number of carbonyl (C=O) groups excluding carboxylic acids is 2. The average molecular weight is 374 g/mol. The number of hydrogen-bond donors (Lipinski definition) is 1. The maximum Gasteiger partial charge on any atom is 0.310 e. The van der Waals surface area contributed by atoms with Crippen molar-refractivity contribution in [1.82, 2.24) is 0 Å². The lowest BCUT2D eigenvalue weighted by Crippen LogP contribution is -2.22. The van der Waals surface area contributed by atoms with Crippen LogP contribution in [0.3, 0.4) is 0 Å². The van der Waals surface area contributed by atoms with E-state index in [2.05, 4.69) is 5.32 Å². The fraction of sp³-hybridized carbons (Fsp3) is 0.222. The van der Waals surface area contributed by atoms with E-state index in [9.17, 15) is 19.7 Å². The molecule has 0 aliphatic rings. The second-order valence-electron chi connectivity index (χ2n) is 5.38. The number of esters is 1. The number of methoxy groups -OCH3 is 2. The Hall–Kier alpha value is -3.62. The topological polar surface area (TPSA) is 117 Å². The molecule has 0 spiro atoms. The van der Waals surface area contributed by atoms with Gasteiger partial charge >= 0.3 is 5.97 Å². The van der Waals surface area contributed by atoms with Gasteiger partial charge in [0.05, 0.1) is 31.3 Å². The highest BCUT2D eigenvalue weighted by atomic mass is 16.6. The number of benzene rings is 2. The van der Waals surface area contributed by atoms with Crippen molar-refractivity contribution in [2.24, 2.45) is 0 Å². The molecule has 0 fully saturated rings. The van der Waals surface area contributed by atoms with E-state index < -0.39 is 23.4 Å². The summed E-state index contributed by atoms with van der Waals surface area (Å²) in [4.78, 5) is 34.1. The summed E-state index contributed by atoms with van der Waals surface area (Å²) in [7, 11) is 2.88. The highest BCUT2D eigenvalue weighted by Crippen LogP contribution is 2.28. The Labute approximate surface area is 155 Å². The van der Waals surface area contributed by atoms with E-state index in [0.29, 0.717) is 11.3 Å². The molecule has 0 aliphatic carbocycles. The first-order valence-electron chi connectivity index (χ1n) is 7.83. The molecule has 0 saturated carbocycles. The second kappa shape index (κ2) is 9.18. The van der Waals surface area contributed by atoms with Crippen LogP contribution < -0.4 is 14.8 Å². The zero-order valence-electron chi connectivity index (χ0n) is 14.8. The standard InChI is InChI=1S/C18H18N2O7/c1-25-14-5-3-4-12(8-14)9-18(22)27-11-17(21)19-15-10-13(20(23)24)6-7-16(15)26-2/h3-8,10H,9,11H2,1-2H3,(H,19,21). The van der Waals surface area contributed by atoms with E-state index >= 15 is 0 Å². The molecule has 1 N–H and O–H groups in total. The average Bonchev–Trinajstić information content (AvgIpc) is 2.66. The molecular formula is C18H18N2O7. The minimum atomic E-state index is -0.646. The number of amides is 1. The van der Waals surface area contributed by atoms with E-state index in [0.717, 1.165) is 6.07 Å². The van der Waals surface area contributed by atoms with Crippen molar-refractivity contribution in [2.75, 3.05) is 26.1 Å². The molecule has 27 heavy (non-hydrogen) atoms. The summed E-state index contributed by atoms with van der Waals surface area (Å²) < 4.78 is 15.1. The van der Waals surface area contributed by atoms with Crippen molar-refractivity contribution < 1.29 is 28.7 Å². The van der Waals surface area contributed by atoms with Crippen LogP contribution in [-0.2, 0) is 20.7 Å². The SMILES string of the molecule is COc1cccc(CC(=O)OCC(=O)Nc2cc([N+](=O)[O-])ccc2OC)c1. The van der Waals surface area contributed by atoms with Crippen LogP contribution >= 0.6 is 0 Å². The highest BCUT2D eigenvalue weighted by molar-refractivity contribution is 5.94. The fourth-order valence-corrected chi connectivity index (χ4v) is 2.24. The molecule has 0 aromatic heterocycles. The van der Waals surface area contributed by atoms with Gasteiger partial charge in [-0.3, -0.25) is 19.7 Å². The molecule has 0 bridgehead atoms. The number of carbonyl (C=O) groups is 2. The minimum Gasteiger partial charge on any atom is -0.497 e. The Kier molecular flexibility index (Phi) is 6.70. The van der Waals surface area contributed by atoms with Gasteiger partial charge in [0.25, 0.3) is 11.6 Å². The molecule has 2 aromatic rings. The minimum absolute atomic E-state index is 0.0232. The Bertz CT molecular complexity index is 851.